The molecule has 0 aromatic carbocycles. The molecule has 2 rings (SSSR count). The van der Waals surface area contributed by atoms with E-state index in [1.54, 1.807) is 12.4 Å². The summed E-state index contributed by atoms with van der Waals surface area (Å²) in [7, 11) is 0. The SMILES string of the molecule is C1=CCCC=C1.c1cn[nH]n1. The monoisotopic (exact) mass is 149 g/mol. The standard InChI is InChI=1S/C6H8.C2H3N3/c1-2-4-6-5-3-1;1-2-4-5-3-1/h1-4H,5-6H2;1-2H,(H,3,4,5). The number of nitrogens with zero attached hydrogens (tertiary/aromatic N) is 2. The van der Waals surface area contributed by atoms with Gasteiger partial charge in [-0.3, -0.25) is 0 Å². The molecule has 0 spiro atoms. The third kappa shape index (κ3) is 4.08. The minimum atomic E-state index is 1.23. The van der Waals surface area contributed by atoms with Gasteiger partial charge >= 0.3 is 0 Å². The van der Waals surface area contributed by atoms with Crippen LogP contribution in [0.5, 0.6) is 0 Å². The highest BCUT2D eigenvalue weighted by Gasteiger charge is 1.77. The number of aromatic amines is 1. The average molecular weight is 149 g/mol. The molecular formula is C8H11N3. The number of nitrogens with one attached hydrogen (secondary N) is 1. The van der Waals surface area contributed by atoms with Crippen molar-refractivity contribution in [2.24, 2.45) is 0 Å². The van der Waals surface area contributed by atoms with Gasteiger partial charge in [0, 0.05) is 0 Å². The molecule has 0 aliphatic heterocycles. The van der Waals surface area contributed by atoms with E-state index in [9.17, 15) is 0 Å². The fourth-order valence-electron chi connectivity index (χ4n) is 0.709. The van der Waals surface area contributed by atoms with E-state index in [0.717, 1.165) is 0 Å². The van der Waals surface area contributed by atoms with Crippen LogP contribution in [-0.4, -0.2) is 15.4 Å². The molecule has 0 amide bonds. The molecule has 1 heterocycles. The Balaban J connectivity index is 0.000000112. The highest BCUT2D eigenvalue weighted by atomic mass is 15.3. The number of rotatable bonds is 0. The normalized spacial score (nSPS) is 13.8. The highest BCUT2D eigenvalue weighted by Crippen LogP contribution is 1.98. The number of hydrogen-bond acceptors (Lipinski definition) is 2. The van der Waals surface area contributed by atoms with Gasteiger partial charge in [-0.2, -0.15) is 15.4 Å². The first-order valence-corrected chi connectivity index (χ1v) is 3.61. The molecule has 3 nitrogen and oxygen atoms in total. The number of hydrogen-bond donors (Lipinski definition) is 1. The zero-order valence-corrected chi connectivity index (χ0v) is 6.27. The minimum Gasteiger partial charge on any atom is -0.198 e. The molecule has 0 fully saturated rings. The summed E-state index contributed by atoms with van der Waals surface area (Å²) < 4.78 is 0. The molecule has 58 valence electrons. The lowest BCUT2D eigenvalue weighted by molar-refractivity contribution is 0.940. The van der Waals surface area contributed by atoms with Crippen LogP contribution >= 0.6 is 0 Å². The van der Waals surface area contributed by atoms with Crippen LogP contribution in [0.1, 0.15) is 12.8 Å². The summed E-state index contributed by atoms with van der Waals surface area (Å²) in [5.41, 5.74) is 0. The Labute approximate surface area is 65.8 Å². The van der Waals surface area contributed by atoms with E-state index in [4.69, 9.17) is 0 Å². The van der Waals surface area contributed by atoms with Crippen molar-refractivity contribution in [2.45, 2.75) is 12.8 Å². The summed E-state index contributed by atoms with van der Waals surface area (Å²) in [6, 6.07) is 0. The average Bonchev–Trinajstić information content (AvgIpc) is 2.64. The first-order chi connectivity index (χ1) is 5.50. The molecule has 0 atom stereocenters. The zero-order valence-electron chi connectivity index (χ0n) is 6.27. The maximum absolute atomic E-state index is 3.49. The van der Waals surface area contributed by atoms with E-state index in [2.05, 4.69) is 39.7 Å². The summed E-state index contributed by atoms with van der Waals surface area (Å²) >= 11 is 0. The van der Waals surface area contributed by atoms with Crippen molar-refractivity contribution in [3.05, 3.63) is 36.7 Å². The van der Waals surface area contributed by atoms with Crippen molar-refractivity contribution < 1.29 is 0 Å². The first kappa shape index (κ1) is 7.72. The first-order valence-electron chi connectivity index (χ1n) is 3.61. The molecule has 1 aliphatic carbocycles. The third-order valence-corrected chi connectivity index (χ3v) is 1.21. The van der Waals surface area contributed by atoms with E-state index < -0.39 is 0 Å². The van der Waals surface area contributed by atoms with E-state index in [-0.39, 0.29) is 0 Å². The van der Waals surface area contributed by atoms with Gasteiger partial charge in [-0.1, -0.05) is 24.3 Å². The predicted molar refractivity (Wildman–Crippen MR) is 43.9 cm³/mol. The third-order valence-electron chi connectivity index (χ3n) is 1.21. The lowest BCUT2D eigenvalue weighted by atomic mass is 10.2. The molecule has 11 heavy (non-hydrogen) atoms. The molecule has 1 aliphatic rings. The molecule has 1 N–H and O–H groups in total. The van der Waals surface area contributed by atoms with Gasteiger partial charge in [0.2, 0.25) is 0 Å². The fraction of sp³-hybridized carbons (Fsp3) is 0.250. The number of aromatic nitrogens is 3. The van der Waals surface area contributed by atoms with Gasteiger partial charge in [0.05, 0.1) is 12.4 Å². The van der Waals surface area contributed by atoms with Crippen molar-refractivity contribution >= 4 is 0 Å². The topological polar surface area (TPSA) is 41.6 Å². The van der Waals surface area contributed by atoms with Crippen LogP contribution in [0.4, 0.5) is 0 Å². The molecule has 0 saturated carbocycles. The van der Waals surface area contributed by atoms with Crippen molar-refractivity contribution in [3.8, 4) is 0 Å². The molecule has 1 aromatic heterocycles. The Morgan fingerprint density at radius 2 is 1.45 bits per heavy atom. The Bertz CT molecular complexity index is 182. The quantitative estimate of drug-likeness (QED) is 0.610. The Morgan fingerprint density at radius 1 is 0.909 bits per heavy atom. The Morgan fingerprint density at radius 3 is 1.64 bits per heavy atom. The molecule has 1 aromatic rings. The maximum Gasteiger partial charge on any atom is 0.0690 e. The summed E-state index contributed by atoms with van der Waals surface area (Å²) in [5.74, 6) is 0. The van der Waals surface area contributed by atoms with Gasteiger partial charge in [0.15, 0.2) is 0 Å². The second-order valence-electron chi connectivity index (χ2n) is 2.09. The fourth-order valence-corrected chi connectivity index (χ4v) is 0.709. The summed E-state index contributed by atoms with van der Waals surface area (Å²) in [6.45, 7) is 0. The van der Waals surface area contributed by atoms with Gasteiger partial charge in [-0.15, -0.1) is 0 Å². The van der Waals surface area contributed by atoms with Crippen LogP contribution < -0.4 is 0 Å². The minimum absolute atomic E-state index is 1.23. The molecule has 0 radical (unpaired) electrons. The molecule has 3 heteroatoms. The van der Waals surface area contributed by atoms with Crippen LogP contribution in [0.2, 0.25) is 0 Å². The van der Waals surface area contributed by atoms with Crippen LogP contribution in [0.3, 0.4) is 0 Å². The summed E-state index contributed by atoms with van der Waals surface area (Å²) in [6.07, 6.45) is 14.2. The Kier molecular flexibility index (Phi) is 3.80. The molecule has 0 unspecified atom stereocenters. The smallest absolute Gasteiger partial charge is 0.0690 e. The summed E-state index contributed by atoms with van der Waals surface area (Å²) in [5, 5.41) is 9.33. The van der Waals surface area contributed by atoms with Crippen molar-refractivity contribution in [1.29, 1.82) is 0 Å². The van der Waals surface area contributed by atoms with E-state index >= 15 is 0 Å². The van der Waals surface area contributed by atoms with Crippen LogP contribution in [-0.2, 0) is 0 Å². The van der Waals surface area contributed by atoms with Crippen LogP contribution in [0, 0.1) is 0 Å². The maximum atomic E-state index is 3.49. The van der Waals surface area contributed by atoms with E-state index in [1.165, 1.54) is 12.8 Å². The Hall–Kier alpha value is -1.38. The van der Waals surface area contributed by atoms with Crippen molar-refractivity contribution in [3.63, 3.8) is 0 Å². The van der Waals surface area contributed by atoms with Gasteiger partial charge in [-0.25, -0.2) is 0 Å². The second-order valence-corrected chi connectivity index (χ2v) is 2.09. The number of H-pyrrole nitrogens is 1. The largest absolute Gasteiger partial charge is 0.198 e. The van der Waals surface area contributed by atoms with Crippen molar-refractivity contribution in [1.82, 2.24) is 15.4 Å². The molecular weight excluding hydrogens is 138 g/mol. The second kappa shape index (κ2) is 5.41. The van der Waals surface area contributed by atoms with Crippen LogP contribution in [0.25, 0.3) is 0 Å². The van der Waals surface area contributed by atoms with Gasteiger partial charge in [0.1, 0.15) is 0 Å². The lowest BCUT2D eigenvalue weighted by Crippen LogP contribution is -1.67. The summed E-state index contributed by atoms with van der Waals surface area (Å²) in [4.78, 5) is 0. The van der Waals surface area contributed by atoms with E-state index in [0.29, 0.717) is 0 Å². The zero-order chi connectivity index (χ0) is 7.78. The van der Waals surface area contributed by atoms with Gasteiger partial charge < -0.3 is 0 Å². The molecule has 0 bridgehead atoms. The molecule has 0 saturated heterocycles. The predicted octanol–water partition coefficient (Wildman–Crippen LogP) is 1.70. The number of allylic oxidation sites excluding steroid dienone is 4. The van der Waals surface area contributed by atoms with E-state index in [1.807, 2.05) is 0 Å². The van der Waals surface area contributed by atoms with Gasteiger partial charge in [-0.05, 0) is 12.8 Å². The lowest BCUT2D eigenvalue weighted by Gasteiger charge is -1.88. The van der Waals surface area contributed by atoms with Crippen molar-refractivity contribution in [2.75, 3.05) is 0 Å². The highest BCUT2D eigenvalue weighted by molar-refractivity contribution is 5.07. The van der Waals surface area contributed by atoms with Crippen LogP contribution in [0.15, 0.2) is 36.7 Å². The van der Waals surface area contributed by atoms with Gasteiger partial charge in [0.25, 0.3) is 0 Å².